The van der Waals surface area contributed by atoms with Gasteiger partial charge in [-0.1, -0.05) is 25.8 Å². The van der Waals surface area contributed by atoms with E-state index in [0.717, 1.165) is 19.3 Å². The highest BCUT2D eigenvalue weighted by molar-refractivity contribution is 6.34. The summed E-state index contributed by atoms with van der Waals surface area (Å²) in [5.41, 5.74) is 0. The third-order valence-corrected chi connectivity index (χ3v) is 3.33. The minimum absolute atomic E-state index is 0.0486. The van der Waals surface area contributed by atoms with Crippen LogP contribution in [0.1, 0.15) is 46.5 Å². The Morgan fingerprint density at radius 3 is 2.31 bits per heavy atom. The molecule has 1 atom stereocenters. The molecule has 0 fully saturated rings. The van der Waals surface area contributed by atoms with E-state index >= 15 is 0 Å². The molecule has 0 aromatic rings. The summed E-state index contributed by atoms with van der Waals surface area (Å²) in [4.78, 5) is 13.3. The van der Waals surface area contributed by atoms with Crippen LogP contribution in [0.2, 0.25) is 0 Å². The fourth-order valence-electron chi connectivity index (χ4n) is 1.78. The summed E-state index contributed by atoms with van der Waals surface area (Å²) in [6, 6.07) is 0. The molecule has 1 amide bonds. The predicted octanol–water partition coefficient (Wildman–Crippen LogP) is 3.60. The normalized spacial score (nSPS) is 14.2. The van der Waals surface area contributed by atoms with Crippen LogP contribution in [-0.4, -0.2) is 28.8 Å². The van der Waals surface area contributed by atoms with Gasteiger partial charge in [0.1, 0.15) is 4.87 Å². The van der Waals surface area contributed by atoms with Crippen LogP contribution in [0.15, 0.2) is 12.7 Å². The van der Waals surface area contributed by atoms with E-state index in [1.807, 2.05) is 13.8 Å². The Hall–Kier alpha value is -0.500. The van der Waals surface area contributed by atoms with Crippen LogP contribution in [0.3, 0.4) is 0 Å². The highest BCUT2D eigenvalue weighted by Crippen LogP contribution is 2.29. The lowest BCUT2D eigenvalue weighted by molar-refractivity contribution is -0.133. The Bertz CT molecular complexity index is 226. The Labute approximate surface area is 105 Å². The van der Waals surface area contributed by atoms with Gasteiger partial charge in [0.15, 0.2) is 0 Å². The highest BCUT2D eigenvalue weighted by Gasteiger charge is 2.36. The minimum atomic E-state index is -0.774. The predicted molar refractivity (Wildman–Crippen MR) is 70.9 cm³/mol. The molecule has 0 saturated heterocycles. The van der Waals surface area contributed by atoms with Gasteiger partial charge in [-0.25, -0.2) is 0 Å². The Balaban J connectivity index is 4.72. The molecule has 0 rings (SSSR count). The first-order valence-corrected chi connectivity index (χ1v) is 6.52. The second-order valence-corrected chi connectivity index (χ2v) is 4.76. The average Bonchev–Trinajstić information content (AvgIpc) is 2.28. The van der Waals surface area contributed by atoms with Crippen molar-refractivity contribution in [3.63, 3.8) is 0 Å². The van der Waals surface area contributed by atoms with Crippen LogP contribution < -0.4 is 0 Å². The second kappa shape index (κ2) is 7.72. The van der Waals surface area contributed by atoms with Crippen LogP contribution in [0.5, 0.6) is 0 Å². The first-order chi connectivity index (χ1) is 7.55. The van der Waals surface area contributed by atoms with Gasteiger partial charge in [0.05, 0.1) is 0 Å². The Morgan fingerprint density at radius 1 is 1.38 bits per heavy atom. The van der Waals surface area contributed by atoms with Gasteiger partial charge < -0.3 is 4.90 Å². The largest absolute Gasteiger partial charge is 0.342 e. The number of halogens is 1. The molecule has 0 aromatic heterocycles. The van der Waals surface area contributed by atoms with E-state index in [1.54, 1.807) is 11.0 Å². The van der Waals surface area contributed by atoms with E-state index in [2.05, 4.69) is 13.5 Å². The maximum absolute atomic E-state index is 12.3. The molecule has 16 heavy (non-hydrogen) atoms. The smallest absolute Gasteiger partial charge is 0.244 e. The van der Waals surface area contributed by atoms with E-state index in [-0.39, 0.29) is 5.91 Å². The molecular weight excluding hydrogens is 222 g/mol. The van der Waals surface area contributed by atoms with Crippen molar-refractivity contribution in [2.75, 3.05) is 13.1 Å². The zero-order valence-electron chi connectivity index (χ0n) is 10.8. The minimum Gasteiger partial charge on any atom is -0.342 e. The zero-order valence-corrected chi connectivity index (χ0v) is 11.5. The number of rotatable bonds is 8. The van der Waals surface area contributed by atoms with Crippen LogP contribution in [0, 0.1) is 0 Å². The molecule has 0 spiro atoms. The summed E-state index contributed by atoms with van der Waals surface area (Å²) < 4.78 is 0. The number of alkyl halides is 1. The molecule has 0 radical (unpaired) electrons. The van der Waals surface area contributed by atoms with E-state index in [1.165, 1.54) is 0 Å². The number of carbonyl (C=O) groups excluding carboxylic acids is 1. The van der Waals surface area contributed by atoms with Crippen molar-refractivity contribution in [3.8, 4) is 0 Å². The molecular formula is C13H24ClNO. The van der Waals surface area contributed by atoms with Crippen molar-refractivity contribution in [3.05, 3.63) is 12.7 Å². The highest BCUT2D eigenvalue weighted by atomic mass is 35.5. The summed E-state index contributed by atoms with van der Waals surface area (Å²) in [6.07, 6.45) is 5.04. The summed E-state index contributed by atoms with van der Waals surface area (Å²) in [6.45, 7) is 11.2. The van der Waals surface area contributed by atoms with Gasteiger partial charge in [-0.15, -0.1) is 18.2 Å². The maximum atomic E-state index is 12.3. The third-order valence-electron chi connectivity index (χ3n) is 2.83. The first-order valence-electron chi connectivity index (χ1n) is 6.14. The molecule has 94 valence electrons. The fraction of sp³-hybridized carbons (Fsp3) is 0.769. The van der Waals surface area contributed by atoms with Gasteiger partial charge in [0, 0.05) is 13.1 Å². The molecule has 0 N–H and O–H groups in total. The molecule has 0 aromatic carbocycles. The number of unbranched alkanes of at least 4 members (excludes halogenated alkanes) is 1. The quantitative estimate of drug-likeness (QED) is 0.473. The Morgan fingerprint density at radius 2 is 1.94 bits per heavy atom. The average molecular weight is 246 g/mol. The maximum Gasteiger partial charge on any atom is 0.244 e. The van der Waals surface area contributed by atoms with Crippen molar-refractivity contribution in [1.29, 1.82) is 0 Å². The molecule has 3 heteroatoms. The van der Waals surface area contributed by atoms with Gasteiger partial charge in [0.25, 0.3) is 0 Å². The topological polar surface area (TPSA) is 20.3 Å². The van der Waals surface area contributed by atoms with Crippen molar-refractivity contribution in [1.82, 2.24) is 4.90 Å². The Kier molecular flexibility index (Phi) is 7.48. The standard InChI is InChI=1S/C13H24ClNO/c1-5-9-11-13(14,10-6-2)12(16)15(7-3)8-4/h6H,2,5,7-11H2,1,3-4H3. The van der Waals surface area contributed by atoms with E-state index < -0.39 is 4.87 Å². The first kappa shape index (κ1) is 15.5. The summed E-state index contributed by atoms with van der Waals surface area (Å²) in [5.74, 6) is 0.0486. The molecule has 0 aliphatic carbocycles. The number of amides is 1. The lowest BCUT2D eigenvalue weighted by atomic mass is 9.95. The van der Waals surface area contributed by atoms with Crippen molar-refractivity contribution >= 4 is 17.5 Å². The van der Waals surface area contributed by atoms with E-state index in [4.69, 9.17) is 11.6 Å². The van der Waals surface area contributed by atoms with Crippen LogP contribution >= 0.6 is 11.6 Å². The lowest BCUT2D eigenvalue weighted by Crippen LogP contribution is -2.45. The number of hydrogen-bond donors (Lipinski definition) is 0. The summed E-state index contributed by atoms with van der Waals surface area (Å²) in [5, 5.41) is 0. The van der Waals surface area contributed by atoms with Gasteiger partial charge in [0.2, 0.25) is 5.91 Å². The van der Waals surface area contributed by atoms with Gasteiger partial charge in [-0.05, 0) is 26.7 Å². The zero-order chi connectivity index (χ0) is 12.6. The van der Waals surface area contributed by atoms with E-state index in [0.29, 0.717) is 19.5 Å². The molecule has 0 heterocycles. The molecule has 1 unspecified atom stereocenters. The van der Waals surface area contributed by atoms with Crippen LogP contribution in [0.4, 0.5) is 0 Å². The van der Waals surface area contributed by atoms with Crippen molar-refractivity contribution in [2.45, 2.75) is 51.3 Å². The number of hydrogen-bond acceptors (Lipinski definition) is 1. The van der Waals surface area contributed by atoms with Crippen molar-refractivity contribution in [2.24, 2.45) is 0 Å². The SMILES string of the molecule is C=CCC(Cl)(CCCC)C(=O)N(CC)CC. The fourth-order valence-corrected chi connectivity index (χ4v) is 2.14. The molecule has 0 bridgehead atoms. The van der Waals surface area contributed by atoms with Crippen LogP contribution in [0.25, 0.3) is 0 Å². The molecule has 2 nitrogen and oxygen atoms in total. The van der Waals surface area contributed by atoms with E-state index in [9.17, 15) is 4.79 Å². The molecule has 0 aliphatic heterocycles. The lowest BCUT2D eigenvalue weighted by Gasteiger charge is -2.31. The summed E-state index contributed by atoms with van der Waals surface area (Å²) in [7, 11) is 0. The summed E-state index contributed by atoms with van der Waals surface area (Å²) >= 11 is 6.46. The monoisotopic (exact) mass is 245 g/mol. The number of nitrogens with zero attached hydrogens (tertiary/aromatic N) is 1. The van der Waals surface area contributed by atoms with Crippen LogP contribution in [-0.2, 0) is 4.79 Å². The number of allylic oxidation sites excluding steroid dienone is 1. The molecule has 0 aliphatic rings. The van der Waals surface area contributed by atoms with Crippen molar-refractivity contribution < 1.29 is 4.79 Å². The van der Waals surface area contributed by atoms with Gasteiger partial charge in [-0.2, -0.15) is 0 Å². The van der Waals surface area contributed by atoms with Gasteiger partial charge in [-0.3, -0.25) is 4.79 Å². The number of carbonyl (C=O) groups is 1. The third kappa shape index (κ3) is 4.17. The van der Waals surface area contributed by atoms with Gasteiger partial charge >= 0.3 is 0 Å². The molecule has 0 saturated carbocycles. The second-order valence-electron chi connectivity index (χ2n) is 4.04.